The van der Waals surface area contributed by atoms with E-state index >= 15 is 0 Å². The van der Waals surface area contributed by atoms with E-state index < -0.39 is 22.7 Å². The smallest absolute Gasteiger partial charge is 0.335 e. The summed E-state index contributed by atoms with van der Waals surface area (Å²) in [5.74, 6) is -1.31. The Morgan fingerprint density at radius 1 is 1.50 bits per heavy atom. The number of sulfonamides is 1. The van der Waals surface area contributed by atoms with Gasteiger partial charge in [0.1, 0.15) is 17.3 Å². The van der Waals surface area contributed by atoms with Crippen LogP contribution in [0.5, 0.6) is 5.75 Å². The van der Waals surface area contributed by atoms with E-state index in [-0.39, 0.29) is 22.8 Å². The molecule has 1 aromatic carbocycles. The first kappa shape index (κ1) is 14.4. The molecule has 0 saturated heterocycles. The Balaban J connectivity index is 3.21. The second-order valence-corrected chi connectivity index (χ2v) is 4.99. The number of halogens is 1. The molecule has 100 valence electrons. The van der Waals surface area contributed by atoms with Crippen LogP contribution in [0.4, 0.5) is 4.39 Å². The van der Waals surface area contributed by atoms with Crippen molar-refractivity contribution in [3.63, 3.8) is 0 Å². The summed E-state index contributed by atoms with van der Waals surface area (Å²) in [6, 6.07) is 3.32. The van der Waals surface area contributed by atoms with Crippen molar-refractivity contribution in [2.75, 3.05) is 20.3 Å². The topological polar surface area (TPSA) is 92.7 Å². The zero-order valence-corrected chi connectivity index (χ0v) is 10.3. The molecule has 18 heavy (non-hydrogen) atoms. The maximum absolute atomic E-state index is 12.0. The van der Waals surface area contributed by atoms with Gasteiger partial charge in [0.15, 0.2) is 0 Å². The van der Waals surface area contributed by atoms with Gasteiger partial charge in [-0.05, 0) is 18.2 Å². The lowest BCUT2D eigenvalue weighted by molar-refractivity contribution is 0.0696. The fourth-order valence-corrected chi connectivity index (χ4v) is 2.43. The maximum Gasteiger partial charge on any atom is 0.335 e. The van der Waals surface area contributed by atoms with Crippen LogP contribution in [0.25, 0.3) is 0 Å². The van der Waals surface area contributed by atoms with Crippen LogP contribution in [-0.2, 0) is 10.0 Å². The fraction of sp³-hybridized carbons (Fsp3) is 0.300. The number of benzene rings is 1. The molecule has 1 aromatic rings. The molecule has 0 heterocycles. The third kappa shape index (κ3) is 3.17. The molecule has 0 saturated carbocycles. The summed E-state index contributed by atoms with van der Waals surface area (Å²) in [4.78, 5) is 10.5. The second kappa shape index (κ2) is 5.78. The normalized spacial score (nSPS) is 11.2. The van der Waals surface area contributed by atoms with Crippen molar-refractivity contribution < 1.29 is 27.4 Å². The van der Waals surface area contributed by atoms with Crippen LogP contribution in [0.3, 0.4) is 0 Å². The number of carbonyl (C=O) groups is 1. The molecule has 0 aliphatic carbocycles. The highest BCUT2D eigenvalue weighted by Gasteiger charge is 2.20. The van der Waals surface area contributed by atoms with Gasteiger partial charge in [0.05, 0.1) is 12.7 Å². The van der Waals surface area contributed by atoms with Gasteiger partial charge in [-0.3, -0.25) is 0 Å². The monoisotopic (exact) mass is 277 g/mol. The van der Waals surface area contributed by atoms with Gasteiger partial charge in [-0.15, -0.1) is 0 Å². The Labute approximate surface area is 103 Å². The number of hydrogen-bond acceptors (Lipinski definition) is 4. The van der Waals surface area contributed by atoms with Crippen molar-refractivity contribution in [1.82, 2.24) is 4.72 Å². The average Bonchev–Trinajstić information content (AvgIpc) is 2.35. The van der Waals surface area contributed by atoms with Gasteiger partial charge < -0.3 is 9.84 Å². The lowest BCUT2D eigenvalue weighted by Gasteiger charge is -2.10. The minimum atomic E-state index is -3.92. The molecule has 0 bridgehead atoms. The number of alkyl halides is 1. The van der Waals surface area contributed by atoms with Crippen LogP contribution in [0.2, 0.25) is 0 Å². The van der Waals surface area contributed by atoms with Gasteiger partial charge in [-0.25, -0.2) is 22.3 Å². The van der Waals surface area contributed by atoms with Gasteiger partial charge in [-0.2, -0.15) is 0 Å². The third-order valence-corrected chi connectivity index (χ3v) is 3.59. The highest BCUT2D eigenvalue weighted by atomic mass is 32.2. The van der Waals surface area contributed by atoms with Crippen LogP contribution < -0.4 is 9.46 Å². The number of nitrogens with one attached hydrogen (secondary N) is 1. The number of aromatic carboxylic acids is 1. The summed E-state index contributed by atoms with van der Waals surface area (Å²) in [5, 5.41) is 8.77. The zero-order valence-electron chi connectivity index (χ0n) is 9.51. The van der Waals surface area contributed by atoms with Gasteiger partial charge in [0.25, 0.3) is 0 Å². The second-order valence-electron chi connectivity index (χ2n) is 3.26. The van der Waals surface area contributed by atoms with E-state index in [4.69, 9.17) is 9.84 Å². The van der Waals surface area contributed by atoms with Gasteiger partial charge in [0, 0.05) is 6.54 Å². The van der Waals surface area contributed by atoms with E-state index in [1.54, 1.807) is 0 Å². The summed E-state index contributed by atoms with van der Waals surface area (Å²) in [6.07, 6.45) is 0. The van der Waals surface area contributed by atoms with Gasteiger partial charge >= 0.3 is 5.97 Å². The van der Waals surface area contributed by atoms with Crippen molar-refractivity contribution in [3.05, 3.63) is 23.8 Å². The molecule has 0 unspecified atom stereocenters. The van der Waals surface area contributed by atoms with Gasteiger partial charge in [0.2, 0.25) is 10.0 Å². The molecule has 0 amide bonds. The first-order chi connectivity index (χ1) is 8.42. The minimum Gasteiger partial charge on any atom is -0.495 e. The largest absolute Gasteiger partial charge is 0.495 e. The molecule has 0 spiro atoms. The lowest BCUT2D eigenvalue weighted by atomic mass is 10.2. The molecule has 1 rings (SSSR count). The summed E-state index contributed by atoms with van der Waals surface area (Å²) in [7, 11) is -2.70. The minimum absolute atomic E-state index is 0.101. The molecular formula is C10H12FNO5S. The number of carboxylic acid groups (broad SMARTS) is 1. The fourth-order valence-electron chi connectivity index (χ4n) is 1.27. The van der Waals surface area contributed by atoms with Crippen molar-refractivity contribution in [1.29, 1.82) is 0 Å². The summed E-state index contributed by atoms with van der Waals surface area (Å²) in [6.45, 7) is -1.19. The Hall–Kier alpha value is -1.67. The van der Waals surface area contributed by atoms with Gasteiger partial charge in [-0.1, -0.05) is 0 Å². The van der Waals surface area contributed by atoms with Crippen LogP contribution >= 0.6 is 0 Å². The first-order valence-corrected chi connectivity index (χ1v) is 6.37. The average molecular weight is 277 g/mol. The van der Waals surface area contributed by atoms with Crippen molar-refractivity contribution in [2.24, 2.45) is 0 Å². The quantitative estimate of drug-likeness (QED) is 0.796. The number of carboxylic acids is 1. The Morgan fingerprint density at radius 3 is 2.67 bits per heavy atom. The molecule has 8 heteroatoms. The highest BCUT2D eigenvalue weighted by Crippen LogP contribution is 2.24. The molecule has 0 fully saturated rings. The number of rotatable bonds is 6. The summed E-state index contributed by atoms with van der Waals surface area (Å²) in [5.41, 5.74) is -0.101. The van der Waals surface area contributed by atoms with Crippen LogP contribution in [0.1, 0.15) is 10.4 Å². The SMILES string of the molecule is COc1cc(C(=O)O)ccc1S(=O)(=O)NCCF. The predicted octanol–water partition coefficient (Wildman–Crippen LogP) is 0.641. The Bertz CT molecular complexity index is 543. The van der Waals surface area contributed by atoms with Crippen molar-refractivity contribution in [3.8, 4) is 5.75 Å². The maximum atomic E-state index is 12.0. The molecule has 0 aromatic heterocycles. The molecule has 0 aliphatic heterocycles. The molecule has 0 aliphatic rings. The highest BCUT2D eigenvalue weighted by molar-refractivity contribution is 7.89. The molecular weight excluding hydrogens is 265 g/mol. The Kier molecular flexibility index (Phi) is 4.62. The summed E-state index contributed by atoms with van der Waals surface area (Å²) >= 11 is 0. The molecule has 0 atom stereocenters. The number of methoxy groups -OCH3 is 1. The Morgan fingerprint density at radius 2 is 2.17 bits per heavy atom. The first-order valence-electron chi connectivity index (χ1n) is 4.89. The summed E-state index contributed by atoms with van der Waals surface area (Å²) < 4.78 is 42.3. The lowest BCUT2D eigenvalue weighted by Crippen LogP contribution is -2.26. The van der Waals surface area contributed by atoms with Crippen LogP contribution in [0.15, 0.2) is 23.1 Å². The van der Waals surface area contributed by atoms with E-state index in [0.29, 0.717) is 0 Å². The number of hydrogen-bond donors (Lipinski definition) is 2. The van der Waals surface area contributed by atoms with Crippen LogP contribution in [0, 0.1) is 0 Å². The van der Waals surface area contributed by atoms with E-state index in [9.17, 15) is 17.6 Å². The predicted molar refractivity (Wildman–Crippen MR) is 61.1 cm³/mol. The standard InChI is InChI=1S/C10H12FNO5S/c1-17-8-6-7(10(13)14)2-3-9(8)18(15,16)12-5-4-11/h2-3,6,12H,4-5H2,1H3,(H,13,14). The third-order valence-electron chi connectivity index (χ3n) is 2.09. The van der Waals surface area contributed by atoms with E-state index in [1.807, 2.05) is 4.72 Å². The van der Waals surface area contributed by atoms with E-state index in [2.05, 4.69) is 0 Å². The van der Waals surface area contributed by atoms with Crippen molar-refractivity contribution >= 4 is 16.0 Å². The molecule has 0 radical (unpaired) electrons. The zero-order chi connectivity index (χ0) is 13.8. The van der Waals surface area contributed by atoms with E-state index in [1.165, 1.54) is 7.11 Å². The van der Waals surface area contributed by atoms with E-state index in [0.717, 1.165) is 18.2 Å². The molecule has 6 nitrogen and oxygen atoms in total. The molecule has 2 N–H and O–H groups in total. The van der Waals surface area contributed by atoms with Crippen LogP contribution in [-0.4, -0.2) is 39.8 Å². The number of ether oxygens (including phenoxy) is 1. The van der Waals surface area contributed by atoms with Crippen molar-refractivity contribution in [2.45, 2.75) is 4.90 Å².